The van der Waals surface area contributed by atoms with Gasteiger partial charge in [-0.25, -0.2) is 0 Å². The van der Waals surface area contributed by atoms with E-state index in [-0.39, 0.29) is 0 Å². The van der Waals surface area contributed by atoms with Gasteiger partial charge in [0.1, 0.15) is 6.54 Å². The standard InChI is InChI=1S/C15H13N3/c1-11-6-8-12(9-7-11)13-4-2-3-5-14(13)15-10-16-18-17-15/h2-9H,10H2,1H3. The molecule has 0 amide bonds. The first-order chi connectivity index (χ1) is 8.84. The van der Waals surface area contributed by atoms with Crippen LogP contribution in [0.1, 0.15) is 11.1 Å². The number of hydrogen-bond acceptors (Lipinski definition) is 3. The first-order valence-electron chi connectivity index (χ1n) is 5.94. The van der Waals surface area contributed by atoms with Crippen molar-refractivity contribution in [3.05, 3.63) is 59.7 Å². The van der Waals surface area contributed by atoms with Crippen LogP contribution in [0.15, 0.2) is 64.0 Å². The molecule has 1 aliphatic rings. The van der Waals surface area contributed by atoms with E-state index in [0.717, 1.165) is 11.3 Å². The molecule has 0 aromatic heterocycles. The Balaban J connectivity index is 2.09. The molecule has 0 N–H and O–H groups in total. The second kappa shape index (κ2) is 4.53. The third-order valence-corrected chi connectivity index (χ3v) is 3.05. The predicted molar refractivity (Wildman–Crippen MR) is 72.9 cm³/mol. The van der Waals surface area contributed by atoms with Gasteiger partial charge in [-0.3, -0.25) is 0 Å². The average Bonchev–Trinajstić information content (AvgIpc) is 2.93. The van der Waals surface area contributed by atoms with E-state index in [1.54, 1.807) is 0 Å². The molecule has 0 saturated carbocycles. The van der Waals surface area contributed by atoms with Crippen LogP contribution in [0.5, 0.6) is 0 Å². The molecular weight excluding hydrogens is 222 g/mol. The van der Waals surface area contributed by atoms with Crippen molar-refractivity contribution in [2.45, 2.75) is 6.92 Å². The minimum absolute atomic E-state index is 0.572. The Hall–Kier alpha value is -2.29. The summed E-state index contributed by atoms with van der Waals surface area (Å²) in [5.74, 6) is 0. The number of hydrogen-bond donors (Lipinski definition) is 0. The van der Waals surface area contributed by atoms with E-state index in [2.05, 4.69) is 58.8 Å². The van der Waals surface area contributed by atoms with Gasteiger partial charge in [0.2, 0.25) is 0 Å². The van der Waals surface area contributed by atoms with Gasteiger partial charge in [-0.05, 0) is 23.3 Å². The van der Waals surface area contributed by atoms with Crippen molar-refractivity contribution in [3.8, 4) is 11.1 Å². The number of rotatable bonds is 2. The molecule has 2 aromatic carbocycles. The lowest BCUT2D eigenvalue weighted by molar-refractivity contribution is 1.06. The van der Waals surface area contributed by atoms with E-state index in [1.165, 1.54) is 16.7 Å². The van der Waals surface area contributed by atoms with Crippen molar-refractivity contribution >= 4 is 5.71 Å². The number of aryl methyl sites for hydroxylation is 1. The molecule has 18 heavy (non-hydrogen) atoms. The van der Waals surface area contributed by atoms with E-state index >= 15 is 0 Å². The maximum Gasteiger partial charge on any atom is 0.107 e. The van der Waals surface area contributed by atoms with E-state index in [0.29, 0.717) is 6.54 Å². The highest BCUT2D eigenvalue weighted by Crippen LogP contribution is 2.25. The molecular formula is C15H13N3. The summed E-state index contributed by atoms with van der Waals surface area (Å²) >= 11 is 0. The fraction of sp³-hybridized carbons (Fsp3) is 0.133. The summed E-state index contributed by atoms with van der Waals surface area (Å²) in [7, 11) is 0. The van der Waals surface area contributed by atoms with Crippen molar-refractivity contribution in [3.63, 3.8) is 0 Å². The Labute approximate surface area is 106 Å². The Morgan fingerprint density at radius 2 is 1.61 bits per heavy atom. The summed E-state index contributed by atoms with van der Waals surface area (Å²) < 4.78 is 0. The molecule has 0 unspecified atom stereocenters. The van der Waals surface area contributed by atoms with Crippen LogP contribution >= 0.6 is 0 Å². The van der Waals surface area contributed by atoms with Crippen LogP contribution in [-0.2, 0) is 0 Å². The van der Waals surface area contributed by atoms with E-state index in [4.69, 9.17) is 0 Å². The largest absolute Gasteiger partial charge is 0.162 e. The molecule has 0 saturated heterocycles. The third kappa shape index (κ3) is 1.95. The minimum Gasteiger partial charge on any atom is -0.162 e. The summed E-state index contributed by atoms with van der Waals surface area (Å²) in [6, 6.07) is 16.8. The Bertz CT molecular complexity index is 624. The highest BCUT2D eigenvalue weighted by molar-refractivity contribution is 6.07. The number of benzene rings is 2. The van der Waals surface area contributed by atoms with E-state index < -0.39 is 0 Å². The van der Waals surface area contributed by atoms with Crippen LogP contribution in [0, 0.1) is 6.92 Å². The van der Waals surface area contributed by atoms with Crippen LogP contribution in [0.3, 0.4) is 0 Å². The third-order valence-electron chi connectivity index (χ3n) is 3.05. The molecule has 88 valence electrons. The van der Waals surface area contributed by atoms with Gasteiger partial charge >= 0.3 is 0 Å². The van der Waals surface area contributed by atoms with Crippen molar-refractivity contribution in [1.29, 1.82) is 0 Å². The second-order valence-corrected chi connectivity index (χ2v) is 4.35. The summed E-state index contributed by atoms with van der Waals surface area (Å²) in [6.45, 7) is 2.66. The molecule has 1 aliphatic heterocycles. The van der Waals surface area contributed by atoms with Crippen LogP contribution in [0.4, 0.5) is 0 Å². The van der Waals surface area contributed by atoms with Gasteiger partial charge in [0.05, 0.1) is 5.71 Å². The lowest BCUT2D eigenvalue weighted by atomic mass is 9.96. The van der Waals surface area contributed by atoms with Crippen molar-refractivity contribution in [2.75, 3.05) is 6.54 Å². The predicted octanol–water partition coefficient (Wildman–Crippen LogP) is 3.83. The van der Waals surface area contributed by atoms with Crippen molar-refractivity contribution < 1.29 is 0 Å². The molecule has 2 aromatic rings. The van der Waals surface area contributed by atoms with Crippen LogP contribution in [0.25, 0.3) is 11.1 Å². The van der Waals surface area contributed by atoms with Crippen LogP contribution in [-0.4, -0.2) is 12.3 Å². The van der Waals surface area contributed by atoms with Crippen LogP contribution in [0.2, 0.25) is 0 Å². The first-order valence-corrected chi connectivity index (χ1v) is 5.94. The van der Waals surface area contributed by atoms with Crippen molar-refractivity contribution in [1.82, 2.24) is 0 Å². The smallest absolute Gasteiger partial charge is 0.107 e. The highest BCUT2D eigenvalue weighted by atomic mass is 15.4. The summed E-state index contributed by atoms with van der Waals surface area (Å²) in [5, 5.41) is 11.7. The molecule has 3 heteroatoms. The fourth-order valence-corrected chi connectivity index (χ4v) is 2.07. The maximum absolute atomic E-state index is 4.08. The summed E-state index contributed by atoms with van der Waals surface area (Å²) in [5.41, 5.74) is 5.70. The molecule has 0 atom stereocenters. The monoisotopic (exact) mass is 235 g/mol. The first kappa shape index (κ1) is 10.8. The van der Waals surface area contributed by atoms with Gasteiger partial charge in [-0.1, -0.05) is 54.1 Å². The molecule has 0 spiro atoms. The zero-order valence-corrected chi connectivity index (χ0v) is 10.2. The summed E-state index contributed by atoms with van der Waals surface area (Å²) in [4.78, 5) is 0. The molecule has 1 heterocycles. The maximum atomic E-state index is 4.08. The molecule has 3 nitrogen and oxygen atoms in total. The van der Waals surface area contributed by atoms with Gasteiger partial charge in [-0.15, -0.1) is 5.10 Å². The lowest BCUT2D eigenvalue weighted by Gasteiger charge is -2.08. The summed E-state index contributed by atoms with van der Waals surface area (Å²) in [6.07, 6.45) is 0. The average molecular weight is 235 g/mol. The van der Waals surface area contributed by atoms with Crippen LogP contribution < -0.4 is 0 Å². The van der Waals surface area contributed by atoms with Gasteiger partial charge < -0.3 is 0 Å². The van der Waals surface area contributed by atoms with E-state index in [9.17, 15) is 0 Å². The molecule has 0 radical (unpaired) electrons. The van der Waals surface area contributed by atoms with E-state index in [1.807, 2.05) is 12.1 Å². The van der Waals surface area contributed by atoms with Crippen molar-refractivity contribution in [2.24, 2.45) is 15.4 Å². The minimum atomic E-state index is 0.572. The van der Waals surface area contributed by atoms with Gasteiger partial charge in [0.15, 0.2) is 0 Å². The van der Waals surface area contributed by atoms with Gasteiger partial charge in [-0.2, -0.15) is 5.11 Å². The number of nitrogens with zero attached hydrogens (tertiary/aromatic N) is 3. The Morgan fingerprint density at radius 3 is 2.28 bits per heavy atom. The molecule has 0 fully saturated rings. The SMILES string of the molecule is Cc1ccc(-c2ccccc2C2=NN=NC2)cc1. The Morgan fingerprint density at radius 1 is 0.889 bits per heavy atom. The van der Waals surface area contributed by atoms with Gasteiger partial charge in [0, 0.05) is 5.56 Å². The highest BCUT2D eigenvalue weighted by Gasteiger charge is 2.12. The topological polar surface area (TPSA) is 37.1 Å². The fourth-order valence-electron chi connectivity index (χ4n) is 2.07. The normalized spacial score (nSPS) is 13.7. The molecule has 0 aliphatic carbocycles. The lowest BCUT2D eigenvalue weighted by Crippen LogP contribution is -2.03. The molecule has 0 bridgehead atoms. The van der Waals surface area contributed by atoms with Gasteiger partial charge in [0.25, 0.3) is 0 Å². The Kier molecular flexibility index (Phi) is 2.73. The second-order valence-electron chi connectivity index (χ2n) is 4.35. The zero-order chi connectivity index (χ0) is 12.4. The quantitative estimate of drug-likeness (QED) is 0.758. The molecule has 3 rings (SSSR count). The zero-order valence-electron chi connectivity index (χ0n) is 10.2.